The predicted molar refractivity (Wildman–Crippen MR) is 116 cm³/mol. The number of methoxy groups -OCH3 is 1. The molecule has 0 bridgehead atoms. The largest absolute Gasteiger partial charge is 0.495 e. The zero-order chi connectivity index (χ0) is 20.1. The maximum absolute atomic E-state index is 5.55. The summed E-state index contributed by atoms with van der Waals surface area (Å²) in [5.74, 6) is 1.91. The highest BCUT2D eigenvalue weighted by Gasteiger charge is 2.29. The summed E-state index contributed by atoms with van der Waals surface area (Å²) in [4.78, 5) is 6.22. The van der Waals surface area contributed by atoms with E-state index in [2.05, 4.69) is 61.9 Å². The molecule has 3 heterocycles. The lowest BCUT2D eigenvalue weighted by Gasteiger charge is -2.40. The van der Waals surface area contributed by atoms with Crippen LogP contribution in [0.15, 0.2) is 41.8 Å². The second kappa shape index (κ2) is 9.37. The van der Waals surface area contributed by atoms with Crippen molar-refractivity contribution < 1.29 is 4.74 Å². The number of ether oxygens (including phenoxy) is 1. The van der Waals surface area contributed by atoms with Crippen molar-refractivity contribution in [1.82, 2.24) is 25.1 Å². The minimum Gasteiger partial charge on any atom is -0.495 e. The van der Waals surface area contributed by atoms with Crippen LogP contribution in [0.3, 0.4) is 0 Å². The molecular formula is C21H28N6OS. The molecule has 0 amide bonds. The summed E-state index contributed by atoms with van der Waals surface area (Å²) in [6.45, 7) is 6.86. The van der Waals surface area contributed by atoms with Crippen molar-refractivity contribution in [2.75, 3.05) is 38.2 Å². The highest BCUT2D eigenvalue weighted by molar-refractivity contribution is 7.09. The molecule has 1 fully saturated rings. The molecule has 4 rings (SSSR count). The smallest absolute Gasteiger partial charge is 0.168 e. The molecule has 1 aliphatic rings. The van der Waals surface area contributed by atoms with E-state index in [0.29, 0.717) is 0 Å². The lowest BCUT2D eigenvalue weighted by Crippen LogP contribution is -2.48. The molecule has 29 heavy (non-hydrogen) atoms. The van der Waals surface area contributed by atoms with Crippen LogP contribution in [-0.4, -0.2) is 58.4 Å². The number of nitrogens with zero attached hydrogens (tertiary/aromatic N) is 6. The molecule has 7 nitrogen and oxygen atoms in total. The van der Waals surface area contributed by atoms with Crippen molar-refractivity contribution in [2.24, 2.45) is 0 Å². The molecule has 154 valence electrons. The van der Waals surface area contributed by atoms with Crippen molar-refractivity contribution in [3.05, 3.63) is 52.5 Å². The molecule has 1 aliphatic heterocycles. The summed E-state index contributed by atoms with van der Waals surface area (Å²) in [5.41, 5.74) is 1.17. The molecule has 1 saturated heterocycles. The minimum atomic E-state index is 0.245. The topological polar surface area (TPSA) is 59.3 Å². The molecule has 1 atom stereocenters. The van der Waals surface area contributed by atoms with E-state index in [1.54, 1.807) is 18.4 Å². The van der Waals surface area contributed by atoms with Crippen LogP contribution in [0, 0.1) is 0 Å². The van der Waals surface area contributed by atoms with Crippen molar-refractivity contribution in [2.45, 2.75) is 32.4 Å². The van der Waals surface area contributed by atoms with Gasteiger partial charge in [0.2, 0.25) is 0 Å². The van der Waals surface area contributed by atoms with Crippen LogP contribution in [0.25, 0.3) is 0 Å². The van der Waals surface area contributed by atoms with Crippen LogP contribution in [0.4, 0.5) is 5.69 Å². The van der Waals surface area contributed by atoms with Gasteiger partial charge in [-0.3, -0.25) is 4.90 Å². The standard InChI is InChI=1S/C21H28N6OS/c1-3-7-19(21-22-23-24-27(21)16-17-8-6-15-29-17)26-13-11-25(12-14-26)18-9-4-5-10-20(18)28-2/h4-6,8-10,15,19H,3,7,11-14,16H2,1-2H3/t19-/m0/s1. The average Bonchev–Trinajstić information content (AvgIpc) is 3.45. The van der Waals surface area contributed by atoms with Gasteiger partial charge >= 0.3 is 0 Å². The Balaban J connectivity index is 1.48. The third kappa shape index (κ3) is 4.43. The van der Waals surface area contributed by atoms with Gasteiger partial charge in [-0.05, 0) is 40.4 Å². The average molecular weight is 413 g/mol. The number of thiophene rings is 1. The molecule has 0 spiro atoms. The van der Waals surface area contributed by atoms with Crippen LogP contribution in [0.2, 0.25) is 0 Å². The van der Waals surface area contributed by atoms with Gasteiger partial charge in [0, 0.05) is 31.1 Å². The highest BCUT2D eigenvalue weighted by atomic mass is 32.1. The van der Waals surface area contributed by atoms with Crippen LogP contribution in [-0.2, 0) is 6.54 Å². The van der Waals surface area contributed by atoms with E-state index in [1.807, 2.05) is 16.8 Å². The summed E-state index contributed by atoms with van der Waals surface area (Å²) in [5, 5.41) is 14.8. The number of piperazine rings is 1. The summed E-state index contributed by atoms with van der Waals surface area (Å²) < 4.78 is 7.52. The summed E-state index contributed by atoms with van der Waals surface area (Å²) >= 11 is 1.74. The first-order valence-corrected chi connectivity index (χ1v) is 11.1. The number of rotatable bonds is 8. The van der Waals surface area contributed by atoms with E-state index in [1.165, 1.54) is 10.6 Å². The minimum absolute atomic E-state index is 0.245. The van der Waals surface area contributed by atoms with E-state index in [0.717, 1.165) is 57.1 Å². The number of aromatic nitrogens is 4. The zero-order valence-electron chi connectivity index (χ0n) is 17.1. The van der Waals surface area contributed by atoms with Crippen molar-refractivity contribution in [1.29, 1.82) is 0 Å². The Labute approximate surface area is 175 Å². The monoisotopic (exact) mass is 412 g/mol. The Hall–Kier alpha value is -2.45. The van der Waals surface area contributed by atoms with Gasteiger partial charge in [0.05, 0.1) is 25.4 Å². The van der Waals surface area contributed by atoms with Crippen molar-refractivity contribution in [3.8, 4) is 5.75 Å². The van der Waals surface area contributed by atoms with E-state index in [9.17, 15) is 0 Å². The summed E-state index contributed by atoms with van der Waals surface area (Å²) in [7, 11) is 1.74. The van der Waals surface area contributed by atoms with Crippen molar-refractivity contribution in [3.63, 3.8) is 0 Å². The Bertz CT molecular complexity index is 888. The molecule has 0 radical (unpaired) electrons. The molecular weight excluding hydrogens is 384 g/mol. The molecule has 3 aromatic rings. The van der Waals surface area contributed by atoms with E-state index in [-0.39, 0.29) is 6.04 Å². The first-order chi connectivity index (χ1) is 14.3. The fraction of sp³-hybridized carbons (Fsp3) is 0.476. The first kappa shape index (κ1) is 19.8. The van der Waals surface area contributed by atoms with Crippen LogP contribution in [0.1, 0.15) is 36.5 Å². The van der Waals surface area contributed by atoms with Gasteiger partial charge in [-0.25, -0.2) is 4.68 Å². The second-order valence-corrected chi connectivity index (χ2v) is 8.31. The second-order valence-electron chi connectivity index (χ2n) is 7.27. The summed E-state index contributed by atoms with van der Waals surface area (Å²) in [6, 6.07) is 12.7. The third-order valence-corrected chi connectivity index (χ3v) is 6.35. The lowest BCUT2D eigenvalue weighted by atomic mass is 10.1. The van der Waals surface area contributed by atoms with Crippen LogP contribution in [0.5, 0.6) is 5.75 Å². The molecule has 8 heteroatoms. The van der Waals surface area contributed by atoms with Gasteiger partial charge < -0.3 is 9.64 Å². The van der Waals surface area contributed by atoms with E-state index < -0.39 is 0 Å². The molecule has 0 aliphatic carbocycles. The maximum Gasteiger partial charge on any atom is 0.168 e. The predicted octanol–water partition coefficient (Wildman–Crippen LogP) is 3.45. The molecule has 2 aromatic heterocycles. The molecule has 0 unspecified atom stereocenters. The van der Waals surface area contributed by atoms with Gasteiger partial charge in [0.25, 0.3) is 0 Å². The third-order valence-electron chi connectivity index (χ3n) is 5.49. The Kier molecular flexibility index (Phi) is 6.41. The Morgan fingerprint density at radius 2 is 1.93 bits per heavy atom. The highest BCUT2D eigenvalue weighted by Crippen LogP contribution is 2.31. The van der Waals surface area contributed by atoms with E-state index in [4.69, 9.17) is 4.74 Å². The van der Waals surface area contributed by atoms with Crippen LogP contribution < -0.4 is 9.64 Å². The Morgan fingerprint density at radius 1 is 1.10 bits per heavy atom. The summed E-state index contributed by atoms with van der Waals surface area (Å²) in [6.07, 6.45) is 2.16. The fourth-order valence-corrected chi connectivity index (χ4v) is 4.71. The van der Waals surface area contributed by atoms with Gasteiger partial charge in [0.15, 0.2) is 5.82 Å². The molecule has 1 aromatic carbocycles. The Morgan fingerprint density at radius 3 is 2.66 bits per heavy atom. The number of hydrogen-bond acceptors (Lipinski definition) is 7. The van der Waals surface area contributed by atoms with Gasteiger partial charge in [-0.1, -0.05) is 31.5 Å². The lowest BCUT2D eigenvalue weighted by molar-refractivity contribution is 0.164. The number of para-hydroxylation sites is 2. The number of hydrogen-bond donors (Lipinski definition) is 0. The number of benzene rings is 1. The molecule has 0 N–H and O–H groups in total. The first-order valence-electron chi connectivity index (χ1n) is 10.2. The van der Waals surface area contributed by atoms with Gasteiger partial charge in [0.1, 0.15) is 5.75 Å². The number of tetrazole rings is 1. The SMILES string of the molecule is CCC[C@@H](c1nnnn1Cc1cccs1)N1CCN(c2ccccc2OC)CC1. The zero-order valence-corrected chi connectivity index (χ0v) is 17.9. The normalized spacial score (nSPS) is 16.1. The van der Waals surface area contributed by atoms with E-state index >= 15 is 0 Å². The van der Waals surface area contributed by atoms with Gasteiger partial charge in [-0.2, -0.15) is 0 Å². The quantitative estimate of drug-likeness (QED) is 0.565. The van der Waals surface area contributed by atoms with Crippen molar-refractivity contribution >= 4 is 17.0 Å². The maximum atomic E-state index is 5.55. The number of anilines is 1. The van der Waals surface area contributed by atoms with Crippen LogP contribution >= 0.6 is 11.3 Å². The fourth-order valence-electron chi connectivity index (χ4n) is 4.03. The molecule has 0 saturated carbocycles. The van der Waals surface area contributed by atoms with Gasteiger partial charge in [-0.15, -0.1) is 16.4 Å².